The van der Waals surface area contributed by atoms with E-state index in [9.17, 15) is 9.18 Å². The van der Waals surface area contributed by atoms with Gasteiger partial charge in [-0.2, -0.15) is 0 Å². The van der Waals surface area contributed by atoms with Gasteiger partial charge >= 0.3 is 0 Å². The second kappa shape index (κ2) is 9.37. The first kappa shape index (κ1) is 19.9. The van der Waals surface area contributed by atoms with Gasteiger partial charge in [-0.3, -0.25) is 4.79 Å². The Hall–Kier alpha value is -2.86. The fraction of sp³-hybridized carbons (Fsp3) is 0.136. The van der Waals surface area contributed by atoms with Gasteiger partial charge in [-0.05, 0) is 45.8 Å². The van der Waals surface area contributed by atoms with Gasteiger partial charge < -0.3 is 14.2 Å². The van der Waals surface area contributed by atoms with Crippen molar-refractivity contribution in [3.8, 4) is 17.2 Å². The first-order chi connectivity index (χ1) is 13.6. The van der Waals surface area contributed by atoms with Crippen LogP contribution in [0.5, 0.6) is 17.2 Å². The molecule has 0 aliphatic carbocycles. The maximum Gasteiger partial charge on any atom is 0.179 e. The van der Waals surface area contributed by atoms with Crippen molar-refractivity contribution in [3.05, 3.63) is 88.1 Å². The molecule has 6 heteroatoms. The van der Waals surface area contributed by atoms with Crippen molar-refractivity contribution in [2.75, 3.05) is 7.11 Å². The Balaban J connectivity index is 1.76. The highest BCUT2D eigenvalue weighted by Crippen LogP contribution is 2.33. The summed E-state index contributed by atoms with van der Waals surface area (Å²) in [6.07, 6.45) is -0.355. The normalized spacial score (nSPS) is 11.5. The van der Waals surface area contributed by atoms with Crippen LogP contribution in [-0.2, 0) is 11.4 Å². The van der Waals surface area contributed by atoms with E-state index in [1.165, 1.54) is 19.2 Å². The molecular weight excluding hydrogens is 427 g/mol. The van der Waals surface area contributed by atoms with Gasteiger partial charge in [0, 0.05) is 11.6 Å². The van der Waals surface area contributed by atoms with Crippen LogP contribution in [0.4, 0.5) is 4.39 Å². The third-order valence-corrected chi connectivity index (χ3v) is 4.69. The summed E-state index contributed by atoms with van der Waals surface area (Å²) in [5, 5.41) is 0. The largest absolute Gasteiger partial charge is 0.494 e. The topological polar surface area (TPSA) is 44.8 Å². The number of hydrogen-bond acceptors (Lipinski definition) is 4. The van der Waals surface area contributed by atoms with Crippen molar-refractivity contribution in [2.45, 2.75) is 12.7 Å². The van der Waals surface area contributed by atoms with Crippen LogP contribution in [-0.4, -0.2) is 13.4 Å². The summed E-state index contributed by atoms with van der Waals surface area (Å²) in [6.45, 7) is 0.405. The molecule has 3 rings (SSSR count). The van der Waals surface area contributed by atoms with Gasteiger partial charge in [0.05, 0.1) is 11.6 Å². The Bertz CT molecular complexity index is 947. The van der Waals surface area contributed by atoms with Crippen LogP contribution in [0.15, 0.2) is 71.2 Å². The first-order valence-electron chi connectivity index (χ1n) is 8.52. The molecule has 0 bridgehead atoms. The van der Waals surface area contributed by atoms with Crippen LogP contribution in [0.1, 0.15) is 17.2 Å². The first-order valence-corrected chi connectivity index (χ1v) is 9.31. The summed E-state index contributed by atoms with van der Waals surface area (Å²) in [5.41, 5.74) is 1.42. The number of methoxy groups -OCH3 is 1. The molecule has 0 saturated heterocycles. The monoisotopic (exact) mass is 444 g/mol. The molecule has 1 atom stereocenters. The lowest BCUT2D eigenvalue weighted by molar-refractivity contribution is -0.113. The zero-order valence-corrected chi connectivity index (χ0v) is 16.7. The highest BCUT2D eigenvalue weighted by Gasteiger charge is 2.17. The van der Waals surface area contributed by atoms with E-state index in [0.717, 1.165) is 5.56 Å². The fourth-order valence-corrected chi connectivity index (χ4v) is 2.92. The Morgan fingerprint density at radius 3 is 2.50 bits per heavy atom. The molecule has 28 heavy (non-hydrogen) atoms. The lowest BCUT2D eigenvalue weighted by Crippen LogP contribution is -2.10. The molecule has 0 N–H and O–H groups in total. The average Bonchev–Trinajstić information content (AvgIpc) is 2.73. The second-order valence-electron chi connectivity index (χ2n) is 5.94. The van der Waals surface area contributed by atoms with E-state index in [1.54, 1.807) is 24.3 Å². The van der Waals surface area contributed by atoms with E-state index in [-0.39, 0.29) is 5.75 Å². The Morgan fingerprint density at radius 1 is 1.04 bits per heavy atom. The van der Waals surface area contributed by atoms with Crippen molar-refractivity contribution in [3.63, 3.8) is 0 Å². The number of ether oxygens (including phenoxy) is 3. The highest BCUT2D eigenvalue weighted by atomic mass is 79.9. The summed E-state index contributed by atoms with van der Waals surface area (Å²) < 4.78 is 31.1. The molecule has 0 amide bonds. The van der Waals surface area contributed by atoms with Crippen molar-refractivity contribution >= 4 is 22.2 Å². The maximum absolute atomic E-state index is 14.0. The molecule has 0 spiro atoms. The minimum absolute atomic E-state index is 0.103. The quantitative estimate of drug-likeness (QED) is 0.430. The lowest BCUT2D eigenvalue weighted by atomic mass is 10.1. The molecular formula is C22H18BrFO4. The Morgan fingerprint density at radius 2 is 1.82 bits per heavy atom. The zero-order chi connectivity index (χ0) is 19.9. The van der Waals surface area contributed by atoms with E-state index >= 15 is 0 Å². The van der Waals surface area contributed by atoms with E-state index in [2.05, 4.69) is 15.9 Å². The number of rotatable bonds is 8. The van der Waals surface area contributed by atoms with Crippen LogP contribution in [0.25, 0.3) is 0 Å². The Kier molecular flexibility index (Phi) is 6.66. The van der Waals surface area contributed by atoms with Crippen LogP contribution in [0, 0.1) is 5.82 Å². The molecule has 3 aromatic rings. The van der Waals surface area contributed by atoms with Crippen molar-refractivity contribution in [1.29, 1.82) is 0 Å². The summed E-state index contributed by atoms with van der Waals surface area (Å²) in [4.78, 5) is 11.6. The predicted molar refractivity (Wildman–Crippen MR) is 107 cm³/mol. The second-order valence-corrected chi connectivity index (χ2v) is 6.79. The number of benzene rings is 3. The van der Waals surface area contributed by atoms with Crippen LogP contribution < -0.4 is 14.2 Å². The van der Waals surface area contributed by atoms with E-state index in [4.69, 9.17) is 14.2 Å². The van der Waals surface area contributed by atoms with Crippen molar-refractivity contribution < 1.29 is 23.4 Å². The van der Waals surface area contributed by atoms with Crippen molar-refractivity contribution in [2.24, 2.45) is 0 Å². The van der Waals surface area contributed by atoms with Crippen LogP contribution in [0.3, 0.4) is 0 Å². The number of aldehydes is 1. The molecule has 0 fully saturated rings. The summed E-state index contributed by atoms with van der Waals surface area (Å²) in [5.74, 6) is 0.548. The van der Waals surface area contributed by atoms with Gasteiger partial charge in [0.1, 0.15) is 18.1 Å². The average molecular weight is 445 g/mol. The smallest absolute Gasteiger partial charge is 0.179 e. The van der Waals surface area contributed by atoms with Crippen LogP contribution >= 0.6 is 15.9 Å². The van der Waals surface area contributed by atoms with Crippen LogP contribution in [0.2, 0.25) is 0 Å². The van der Waals surface area contributed by atoms with E-state index in [0.29, 0.717) is 34.4 Å². The Labute approximate surface area is 171 Å². The lowest BCUT2D eigenvalue weighted by Gasteiger charge is -2.17. The van der Waals surface area contributed by atoms with Gasteiger partial charge in [-0.15, -0.1) is 0 Å². The molecule has 0 heterocycles. The van der Waals surface area contributed by atoms with Gasteiger partial charge in [-0.25, -0.2) is 4.39 Å². The van der Waals surface area contributed by atoms with Gasteiger partial charge in [-0.1, -0.05) is 36.4 Å². The number of hydrogen-bond donors (Lipinski definition) is 0. The molecule has 4 nitrogen and oxygen atoms in total. The number of halogens is 2. The molecule has 3 aromatic carbocycles. The number of carbonyl (C=O) groups excluding carboxylic acids is 1. The molecule has 0 aliphatic heterocycles. The van der Waals surface area contributed by atoms with E-state index < -0.39 is 11.9 Å². The minimum Gasteiger partial charge on any atom is -0.494 e. The maximum atomic E-state index is 14.0. The van der Waals surface area contributed by atoms with Gasteiger partial charge in [0.2, 0.25) is 0 Å². The number of carbonyl (C=O) groups is 1. The molecule has 0 aliphatic rings. The molecule has 0 saturated carbocycles. The summed E-state index contributed by atoms with van der Waals surface area (Å²) >= 11 is 3.40. The van der Waals surface area contributed by atoms with Gasteiger partial charge in [0.25, 0.3) is 0 Å². The minimum atomic E-state index is -0.971. The van der Waals surface area contributed by atoms with Crippen molar-refractivity contribution in [1.82, 2.24) is 0 Å². The fourth-order valence-electron chi connectivity index (χ4n) is 2.58. The third-order valence-electron chi connectivity index (χ3n) is 4.03. The van der Waals surface area contributed by atoms with Gasteiger partial charge in [0.15, 0.2) is 24.0 Å². The molecule has 0 radical (unpaired) electrons. The third kappa shape index (κ3) is 4.89. The highest BCUT2D eigenvalue weighted by molar-refractivity contribution is 9.10. The molecule has 144 valence electrons. The summed E-state index contributed by atoms with van der Waals surface area (Å²) in [6, 6.07) is 19.3. The standard InChI is InChI=1S/C22H18BrFO4/c1-26-20-10-7-16(11-19(20)24)22(13-25)28-21-12-17(8-9-18(21)23)27-14-15-5-3-2-4-6-15/h2-13,22H,14H2,1H3/t22-/m1/s1. The zero-order valence-electron chi connectivity index (χ0n) is 15.1. The predicted octanol–water partition coefficient (Wildman–Crippen LogP) is 5.49. The molecule has 0 aromatic heterocycles. The SMILES string of the molecule is COc1ccc([C@@H](C=O)Oc2cc(OCc3ccccc3)ccc2Br)cc1F. The molecule has 0 unspecified atom stereocenters. The summed E-state index contributed by atoms with van der Waals surface area (Å²) in [7, 11) is 1.38. The van der Waals surface area contributed by atoms with E-state index in [1.807, 2.05) is 30.3 Å².